The van der Waals surface area contributed by atoms with Gasteiger partial charge in [-0.1, -0.05) is 29.8 Å². The van der Waals surface area contributed by atoms with Crippen LogP contribution in [-0.2, 0) is 6.54 Å². The molecule has 0 atom stereocenters. The van der Waals surface area contributed by atoms with E-state index >= 15 is 0 Å². The minimum Gasteiger partial charge on any atom is -0.455 e. The first-order chi connectivity index (χ1) is 15.6. The van der Waals surface area contributed by atoms with Crippen molar-refractivity contribution in [2.75, 3.05) is 31.1 Å². The molecule has 9 heteroatoms. The van der Waals surface area contributed by atoms with Crippen LogP contribution in [0.3, 0.4) is 0 Å². The van der Waals surface area contributed by atoms with Gasteiger partial charge in [-0.3, -0.25) is 14.7 Å². The van der Waals surface area contributed by atoms with Gasteiger partial charge in [0.25, 0.3) is 5.91 Å². The average molecular weight is 485 g/mol. The summed E-state index contributed by atoms with van der Waals surface area (Å²) in [5.41, 5.74) is 2.15. The van der Waals surface area contributed by atoms with Gasteiger partial charge in [0.1, 0.15) is 5.75 Å². The Morgan fingerprint density at radius 1 is 0.879 bits per heavy atom. The molecule has 33 heavy (non-hydrogen) atoms. The van der Waals surface area contributed by atoms with E-state index in [4.69, 9.17) is 16.3 Å². The molecule has 3 aromatic rings. The Balaban J connectivity index is 0.00000259. The van der Waals surface area contributed by atoms with Gasteiger partial charge in [0.15, 0.2) is 5.75 Å². The second-order valence-corrected chi connectivity index (χ2v) is 8.14. The van der Waals surface area contributed by atoms with Gasteiger partial charge in [-0.05, 0) is 36.4 Å². The number of para-hydroxylation sites is 1. The number of fused-ring (bicyclic) bond motifs is 2. The fourth-order valence-electron chi connectivity index (χ4n) is 4.02. The third-order valence-corrected chi connectivity index (χ3v) is 5.96. The average Bonchev–Trinajstić information content (AvgIpc) is 3.00. The molecule has 0 radical (unpaired) electrons. The Kier molecular flexibility index (Phi) is 6.72. The molecule has 0 spiro atoms. The van der Waals surface area contributed by atoms with Gasteiger partial charge in [0.2, 0.25) is 0 Å². The number of amides is 3. The van der Waals surface area contributed by atoms with Crippen molar-refractivity contribution in [2.24, 2.45) is 0 Å². The number of hydrogen-bond donors (Lipinski definition) is 0. The number of rotatable bonds is 1. The molecule has 0 N–H and O–H groups in total. The van der Waals surface area contributed by atoms with Crippen molar-refractivity contribution in [3.63, 3.8) is 0 Å². The summed E-state index contributed by atoms with van der Waals surface area (Å²) in [4.78, 5) is 35.5. The topological polar surface area (TPSA) is 66.0 Å². The lowest BCUT2D eigenvalue weighted by atomic mass is 10.2. The van der Waals surface area contributed by atoms with E-state index < -0.39 is 0 Å². The van der Waals surface area contributed by atoms with Crippen LogP contribution in [0.5, 0.6) is 11.5 Å². The SMILES string of the molecule is Cl.O=C(c1ccncc1)N1CCN(C(=O)N2Cc3ccccc3Oc3ccc(Cl)cc32)CC1. The minimum atomic E-state index is -0.134. The van der Waals surface area contributed by atoms with E-state index in [1.807, 2.05) is 24.3 Å². The van der Waals surface area contributed by atoms with Gasteiger partial charge in [-0.2, -0.15) is 0 Å². The number of anilines is 1. The maximum atomic E-state index is 13.6. The van der Waals surface area contributed by atoms with E-state index in [9.17, 15) is 9.59 Å². The van der Waals surface area contributed by atoms with Crippen LogP contribution in [0.25, 0.3) is 0 Å². The number of aromatic nitrogens is 1. The number of piperazine rings is 1. The van der Waals surface area contributed by atoms with E-state index in [1.165, 1.54) is 0 Å². The summed E-state index contributed by atoms with van der Waals surface area (Å²) in [7, 11) is 0. The first kappa shape index (κ1) is 22.9. The third-order valence-electron chi connectivity index (χ3n) is 5.73. The smallest absolute Gasteiger partial charge is 0.325 e. The van der Waals surface area contributed by atoms with E-state index in [0.717, 1.165) is 11.3 Å². The number of benzene rings is 2. The predicted molar refractivity (Wildman–Crippen MR) is 129 cm³/mol. The number of carbonyl (C=O) groups excluding carboxylic acids is 2. The molecule has 2 aliphatic heterocycles. The second kappa shape index (κ2) is 9.68. The molecular formula is C24H22Cl2N4O3. The number of nitrogens with zero attached hydrogens (tertiary/aromatic N) is 4. The summed E-state index contributed by atoms with van der Waals surface area (Å²) in [5.74, 6) is 1.26. The normalized spacial score (nSPS) is 14.9. The van der Waals surface area contributed by atoms with Crippen LogP contribution >= 0.6 is 24.0 Å². The zero-order chi connectivity index (χ0) is 22.1. The van der Waals surface area contributed by atoms with Crippen LogP contribution in [0.1, 0.15) is 15.9 Å². The lowest BCUT2D eigenvalue weighted by Crippen LogP contribution is -2.54. The van der Waals surface area contributed by atoms with Gasteiger partial charge in [-0.25, -0.2) is 4.79 Å². The van der Waals surface area contributed by atoms with Crippen LogP contribution in [0.2, 0.25) is 5.02 Å². The summed E-state index contributed by atoms with van der Waals surface area (Å²) in [5, 5.41) is 0.531. The summed E-state index contributed by atoms with van der Waals surface area (Å²) in [6.07, 6.45) is 3.21. The molecule has 5 rings (SSSR count). The van der Waals surface area contributed by atoms with E-state index in [2.05, 4.69) is 4.98 Å². The van der Waals surface area contributed by atoms with Crippen LogP contribution in [0.15, 0.2) is 67.0 Å². The van der Waals surface area contributed by atoms with Crippen molar-refractivity contribution in [3.8, 4) is 11.5 Å². The number of halogens is 2. The van der Waals surface area contributed by atoms with Crippen molar-refractivity contribution in [1.29, 1.82) is 0 Å². The Hall–Kier alpha value is -3.29. The number of urea groups is 1. The number of hydrogen-bond acceptors (Lipinski definition) is 4. The molecule has 0 bridgehead atoms. The molecule has 0 saturated carbocycles. The lowest BCUT2D eigenvalue weighted by Gasteiger charge is -2.37. The first-order valence-electron chi connectivity index (χ1n) is 10.4. The van der Waals surface area contributed by atoms with E-state index in [0.29, 0.717) is 54.7 Å². The Morgan fingerprint density at radius 3 is 2.33 bits per heavy atom. The molecule has 2 aromatic carbocycles. The molecule has 0 unspecified atom stereocenters. The Bertz CT molecular complexity index is 1170. The minimum absolute atomic E-state index is 0. The molecule has 1 fully saturated rings. The molecule has 1 saturated heterocycles. The maximum Gasteiger partial charge on any atom is 0.325 e. The monoisotopic (exact) mass is 484 g/mol. The van der Waals surface area contributed by atoms with Crippen LogP contribution in [-0.4, -0.2) is 52.9 Å². The maximum absolute atomic E-state index is 13.6. The standard InChI is InChI=1S/C24H21ClN4O3.ClH/c25-19-5-6-22-20(15-19)29(16-18-3-1-2-4-21(18)32-22)24(31)28-13-11-27(12-14-28)23(30)17-7-9-26-10-8-17;/h1-10,15H,11-14,16H2;1H. The highest BCUT2D eigenvalue weighted by atomic mass is 35.5. The number of pyridine rings is 1. The van der Waals surface area contributed by atoms with E-state index in [-0.39, 0.29) is 24.3 Å². The largest absolute Gasteiger partial charge is 0.455 e. The van der Waals surface area contributed by atoms with Crippen LogP contribution in [0, 0.1) is 0 Å². The van der Waals surface area contributed by atoms with Crippen molar-refractivity contribution >= 4 is 41.6 Å². The molecule has 2 aliphatic rings. The highest BCUT2D eigenvalue weighted by Crippen LogP contribution is 2.40. The van der Waals surface area contributed by atoms with Gasteiger partial charge in [0, 0.05) is 54.7 Å². The zero-order valence-corrected chi connectivity index (χ0v) is 19.3. The number of carbonyl (C=O) groups is 2. The zero-order valence-electron chi connectivity index (χ0n) is 17.7. The highest BCUT2D eigenvalue weighted by Gasteiger charge is 2.32. The third kappa shape index (κ3) is 4.60. The predicted octanol–water partition coefficient (Wildman–Crippen LogP) is 4.85. The summed E-state index contributed by atoms with van der Waals surface area (Å²) in [6, 6.07) is 16.2. The summed E-state index contributed by atoms with van der Waals surface area (Å²) >= 11 is 6.25. The first-order valence-corrected chi connectivity index (χ1v) is 10.8. The fraction of sp³-hybridized carbons (Fsp3) is 0.208. The Labute approximate surface area is 202 Å². The summed E-state index contributed by atoms with van der Waals surface area (Å²) < 4.78 is 6.09. The molecule has 1 aromatic heterocycles. The van der Waals surface area contributed by atoms with Crippen LogP contribution < -0.4 is 9.64 Å². The van der Waals surface area contributed by atoms with E-state index in [1.54, 1.807) is 57.4 Å². The van der Waals surface area contributed by atoms with Gasteiger partial charge >= 0.3 is 6.03 Å². The summed E-state index contributed by atoms with van der Waals surface area (Å²) in [6.45, 7) is 2.21. The second-order valence-electron chi connectivity index (χ2n) is 7.71. The van der Waals surface area contributed by atoms with Gasteiger partial charge in [0.05, 0.1) is 12.2 Å². The fourth-order valence-corrected chi connectivity index (χ4v) is 4.18. The number of ether oxygens (including phenoxy) is 1. The molecule has 3 heterocycles. The highest BCUT2D eigenvalue weighted by molar-refractivity contribution is 6.31. The van der Waals surface area contributed by atoms with Crippen LogP contribution in [0.4, 0.5) is 10.5 Å². The van der Waals surface area contributed by atoms with Crippen molar-refractivity contribution in [3.05, 3.63) is 83.1 Å². The van der Waals surface area contributed by atoms with Crippen molar-refractivity contribution in [2.45, 2.75) is 6.54 Å². The Morgan fingerprint density at radius 2 is 1.58 bits per heavy atom. The quantitative estimate of drug-likeness (QED) is 0.495. The van der Waals surface area contributed by atoms with Crippen molar-refractivity contribution in [1.82, 2.24) is 14.8 Å². The molecular weight excluding hydrogens is 463 g/mol. The molecule has 3 amide bonds. The molecule has 0 aliphatic carbocycles. The lowest BCUT2D eigenvalue weighted by molar-refractivity contribution is 0.0668. The van der Waals surface area contributed by atoms with Crippen molar-refractivity contribution < 1.29 is 14.3 Å². The molecule has 170 valence electrons. The van der Waals surface area contributed by atoms with Gasteiger partial charge < -0.3 is 14.5 Å². The van der Waals surface area contributed by atoms with Gasteiger partial charge in [-0.15, -0.1) is 12.4 Å². The molecule has 7 nitrogen and oxygen atoms in total.